The molecule has 1 fully saturated rings. The van der Waals surface area contributed by atoms with Crippen LogP contribution in [0.2, 0.25) is 0 Å². The number of carbonyl (C=O) groups excluding carboxylic acids is 1. The largest absolute Gasteiger partial charge is 0.379 e. The van der Waals surface area contributed by atoms with E-state index in [1.165, 1.54) is 6.39 Å². The van der Waals surface area contributed by atoms with E-state index in [1.807, 2.05) is 0 Å². The van der Waals surface area contributed by atoms with Crippen molar-refractivity contribution in [2.45, 2.75) is 19.5 Å². The van der Waals surface area contributed by atoms with Gasteiger partial charge in [0.2, 0.25) is 12.3 Å². The van der Waals surface area contributed by atoms with Crippen LogP contribution in [0, 0.1) is 5.41 Å². The van der Waals surface area contributed by atoms with Gasteiger partial charge in [-0.05, 0) is 6.92 Å². The minimum atomic E-state index is -0.677. The summed E-state index contributed by atoms with van der Waals surface area (Å²) in [4.78, 5) is 15.7. The normalized spacial score (nSPS) is 29.2. The molecule has 88 valence electrons. The number of aromatic nitrogens is 2. The Morgan fingerprint density at radius 3 is 3.19 bits per heavy atom. The molecule has 1 aromatic heterocycles. The van der Waals surface area contributed by atoms with Gasteiger partial charge in [0.25, 0.3) is 0 Å². The van der Waals surface area contributed by atoms with Gasteiger partial charge >= 0.3 is 0 Å². The quantitative estimate of drug-likeness (QED) is 0.688. The van der Waals surface area contributed by atoms with Gasteiger partial charge in [0.05, 0.1) is 25.2 Å². The van der Waals surface area contributed by atoms with Gasteiger partial charge in [0.15, 0.2) is 5.82 Å². The number of nitrogens with zero attached hydrogens (tertiary/aromatic N) is 2. The molecule has 1 aliphatic heterocycles. The monoisotopic (exact) mass is 226 g/mol. The lowest BCUT2D eigenvalue weighted by Gasteiger charge is -2.24. The van der Waals surface area contributed by atoms with Gasteiger partial charge in [-0.2, -0.15) is 4.98 Å². The maximum absolute atomic E-state index is 11.9. The van der Waals surface area contributed by atoms with E-state index in [1.54, 1.807) is 6.92 Å². The molecule has 0 bridgehead atoms. The molecule has 2 heterocycles. The molecule has 1 aromatic rings. The van der Waals surface area contributed by atoms with Crippen molar-refractivity contribution in [2.24, 2.45) is 11.1 Å². The van der Waals surface area contributed by atoms with Crippen LogP contribution in [0.25, 0.3) is 0 Å². The third kappa shape index (κ3) is 1.91. The molecule has 0 radical (unpaired) electrons. The Bertz CT molecular complexity index is 367. The SMILES string of the molecule is CC1(C(=O)NCc2ncon2)COCC1N. The van der Waals surface area contributed by atoms with Gasteiger partial charge in [-0.1, -0.05) is 5.16 Å². The zero-order valence-corrected chi connectivity index (χ0v) is 8.97. The van der Waals surface area contributed by atoms with Crippen molar-refractivity contribution in [1.82, 2.24) is 15.5 Å². The summed E-state index contributed by atoms with van der Waals surface area (Å²) < 4.78 is 9.75. The summed E-state index contributed by atoms with van der Waals surface area (Å²) in [7, 11) is 0. The molecule has 0 aliphatic carbocycles. The molecule has 1 amide bonds. The van der Waals surface area contributed by atoms with E-state index >= 15 is 0 Å². The van der Waals surface area contributed by atoms with E-state index in [0.717, 1.165) is 0 Å². The standard InChI is InChI=1S/C9H14N4O3/c1-9(4-15-3-6(9)10)8(14)11-2-7-12-5-16-13-7/h5-6H,2-4,10H2,1H3,(H,11,14). The van der Waals surface area contributed by atoms with Crippen molar-refractivity contribution in [3.05, 3.63) is 12.2 Å². The molecule has 7 nitrogen and oxygen atoms in total. The first-order valence-corrected chi connectivity index (χ1v) is 5.00. The van der Waals surface area contributed by atoms with Crippen molar-refractivity contribution in [3.63, 3.8) is 0 Å². The molecule has 1 aliphatic rings. The van der Waals surface area contributed by atoms with Gasteiger partial charge in [-0.3, -0.25) is 4.79 Å². The second-order valence-corrected chi connectivity index (χ2v) is 4.07. The molecule has 0 aromatic carbocycles. The molecule has 0 saturated carbocycles. The predicted molar refractivity (Wildman–Crippen MR) is 53.0 cm³/mol. The summed E-state index contributed by atoms with van der Waals surface area (Å²) in [6.07, 6.45) is 1.22. The summed E-state index contributed by atoms with van der Waals surface area (Å²) >= 11 is 0. The van der Waals surface area contributed by atoms with Crippen LogP contribution < -0.4 is 11.1 Å². The minimum Gasteiger partial charge on any atom is -0.379 e. The maximum Gasteiger partial charge on any atom is 0.230 e. The van der Waals surface area contributed by atoms with Crippen LogP contribution in [0.4, 0.5) is 0 Å². The Morgan fingerprint density at radius 2 is 2.62 bits per heavy atom. The van der Waals surface area contributed by atoms with Crippen molar-refractivity contribution < 1.29 is 14.1 Å². The average molecular weight is 226 g/mol. The molecule has 1 saturated heterocycles. The van der Waals surface area contributed by atoms with Crippen LogP contribution in [0.1, 0.15) is 12.7 Å². The fourth-order valence-corrected chi connectivity index (χ4v) is 1.55. The Morgan fingerprint density at radius 1 is 1.81 bits per heavy atom. The number of nitrogens with two attached hydrogens (primary N) is 1. The Balaban J connectivity index is 1.93. The van der Waals surface area contributed by atoms with E-state index in [2.05, 4.69) is 20.0 Å². The zero-order chi connectivity index (χ0) is 11.6. The Kier molecular flexibility index (Phi) is 2.88. The third-order valence-corrected chi connectivity index (χ3v) is 2.85. The number of rotatable bonds is 3. The first kappa shape index (κ1) is 11.0. The predicted octanol–water partition coefficient (Wildman–Crippen LogP) is -0.950. The number of hydrogen-bond donors (Lipinski definition) is 2. The molecule has 16 heavy (non-hydrogen) atoms. The van der Waals surface area contributed by atoms with Crippen molar-refractivity contribution >= 4 is 5.91 Å². The van der Waals surface area contributed by atoms with Crippen LogP contribution in [0.3, 0.4) is 0 Å². The smallest absolute Gasteiger partial charge is 0.230 e. The molecular weight excluding hydrogens is 212 g/mol. The highest BCUT2D eigenvalue weighted by atomic mass is 16.5. The van der Waals surface area contributed by atoms with Crippen LogP contribution in [0.15, 0.2) is 10.9 Å². The van der Waals surface area contributed by atoms with Gasteiger partial charge in [-0.15, -0.1) is 0 Å². The van der Waals surface area contributed by atoms with Gasteiger partial charge in [0.1, 0.15) is 0 Å². The van der Waals surface area contributed by atoms with Gasteiger partial charge in [0, 0.05) is 6.04 Å². The summed E-state index contributed by atoms with van der Waals surface area (Å²) in [6.45, 7) is 2.77. The van der Waals surface area contributed by atoms with E-state index in [4.69, 9.17) is 10.5 Å². The lowest BCUT2D eigenvalue weighted by Crippen LogP contribution is -2.49. The Labute approximate surface area is 92.3 Å². The first-order chi connectivity index (χ1) is 7.63. The zero-order valence-electron chi connectivity index (χ0n) is 8.97. The molecule has 7 heteroatoms. The number of amides is 1. The Hall–Kier alpha value is -1.47. The van der Waals surface area contributed by atoms with Crippen molar-refractivity contribution in [3.8, 4) is 0 Å². The van der Waals surface area contributed by atoms with E-state index < -0.39 is 5.41 Å². The maximum atomic E-state index is 11.9. The molecule has 2 rings (SSSR count). The number of hydrogen-bond acceptors (Lipinski definition) is 6. The highest BCUT2D eigenvalue weighted by Gasteiger charge is 2.44. The number of carbonyl (C=O) groups is 1. The average Bonchev–Trinajstić information content (AvgIpc) is 2.87. The molecule has 0 spiro atoms. The lowest BCUT2D eigenvalue weighted by molar-refractivity contribution is -0.130. The molecule has 2 atom stereocenters. The summed E-state index contributed by atoms with van der Waals surface area (Å²) in [5, 5.41) is 6.31. The van der Waals surface area contributed by atoms with Gasteiger partial charge in [-0.25, -0.2) is 0 Å². The molecule has 2 unspecified atom stereocenters. The fourth-order valence-electron chi connectivity index (χ4n) is 1.55. The third-order valence-electron chi connectivity index (χ3n) is 2.85. The van der Waals surface area contributed by atoms with Crippen molar-refractivity contribution in [2.75, 3.05) is 13.2 Å². The summed E-state index contributed by atoms with van der Waals surface area (Å²) in [5.74, 6) is 0.284. The second kappa shape index (κ2) is 4.18. The van der Waals surface area contributed by atoms with Crippen LogP contribution >= 0.6 is 0 Å². The lowest BCUT2D eigenvalue weighted by atomic mass is 9.85. The number of nitrogens with one attached hydrogen (secondary N) is 1. The van der Waals surface area contributed by atoms with E-state index in [0.29, 0.717) is 19.0 Å². The van der Waals surface area contributed by atoms with Crippen LogP contribution in [-0.2, 0) is 16.1 Å². The highest BCUT2D eigenvalue weighted by molar-refractivity contribution is 5.83. The first-order valence-electron chi connectivity index (χ1n) is 5.00. The fraction of sp³-hybridized carbons (Fsp3) is 0.667. The summed E-state index contributed by atoms with van der Waals surface area (Å²) in [5.41, 5.74) is 5.15. The second-order valence-electron chi connectivity index (χ2n) is 4.07. The van der Waals surface area contributed by atoms with Gasteiger partial charge < -0.3 is 20.3 Å². The van der Waals surface area contributed by atoms with Crippen LogP contribution in [0.5, 0.6) is 0 Å². The minimum absolute atomic E-state index is 0.151. The topological polar surface area (TPSA) is 103 Å². The van der Waals surface area contributed by atoms with Crippen molar-refractivity contribution in [1.29, 1.82) is 0 Å². The molecular formula is C9H14N4O3. The highest BCUT2D eigenvalue weighted by Crippen LogP contribution is 2.27. The number of ether oxygens (including phenoxy) is 1. The van der Waals surface area contributed by atoms with Crippen LogP contribution in [-0.4, -0.2) is 35.3 Å². The summed E-state index contributed by atoms with van der Waals surface area (Å²) in [6, 6.07) is -0.280. The van der Waals surface area contributed by atoms with E-state index in [-0.39, 0.29) is 18.5 Å². The van der Waals surface area contributed by atoms with E-state index in [9.17, 15) is 4.79 Å². The molecule has 3 N–H and O–H groups in total.